The van der Waals surface area contributed by atoms with Crippen molar-refractivity contribution in [2.24, 2.45) is 0 Å². The summed E-state index contributed by atoms with van der Waals surface area (Å²) in [5.74, 6) is 0.164. The molecule has 3 heterocycles. The van der Waals surface area contributed by atoms with Crippen molar-refractivity contribution in [3.8, 4) is 23.0 Å². The number of benzene rings is 6. The highest BCUT2D eigenvalue weighted by Crippen LogP contribution is 2.30. The first-order valence-corrected chi connectivity index (χ1v) is 20.8. The number of phenols is 4. The van der Waals surface area contributed by atoms with Gasteiger partial charge in [0, 0.05) is 24.3 Å². The van der Waals surface area contributed by atoms with Crippen LogP contribution in [0.2, 0.25) is 0 Å². The average molecular weight is 915 g/mol. The highest BCUT2D eigenvalue weighted by Gasteiger charge is 2.09. The first kappa shape index (κ1) is 47.9. The van der Waals surface area contributed by atoms with Gasteiger partial charge in [0.2, 0.25) is 0 Å². The Morgan fingerprint density at radius 3 is 1.02 bits per heavy atom. The van der Waals surface area contributed by atoms with Gasteiger partial charge in [-0.25, -0.2) is 29.9 Å². The molecule has 0 atom stereocenters. The van der Waals surface area contributed by atoms with Gasteiger partial charge >= 0.3 is 31.8 Å². The summed E-state index contributed by atoms with van der Waals surface area (Å²) in [6.07, 6.45) is 0. The maximum atomic E-state index is 9.69. The SMILES string of the molecule is Cc1cc2nc3cccc(C)c3nc2cc1O.Cc1ccc2nc3cc(C)c(O)cc3nc2c1.Cc1cccc2nc3cc(O)c(O)cc3nc12.O=S(=O)=O.O=S(=O)=O.O=S(=O)=O. The van der Waals surface area contributed by atoms with Crippen LogP contribution in [-0.2, 0) is 31.8 Å². The van der Waals surface area contributed by atoms with E-state index in [9.17, 15) is 20.4 Å². The Balaban J connectivity index is 0.000000184. The molecule has 22 heteroatoms. The number of aromatic nitrogens is 6. The largest absolute Gasteiger partial charge is 0.508 e. The van der Waals surface area contributed by atoms with E-state index in [4.69, 9.17) is 37.9 Å². The van der Waals surface area contributed by atoms with Crippen molar-refractivity contribution < 1.29 is 58.3 Å². The molecule has 63 heavy (non-hydrogen) atoms. The summed E-state index contributed by atoms with van der Waals surface area (Å²) in [5, 5.41) is 38.2. The van der Waals surface area contributed by atoms with Gasteiger partial charge in [-0.1, -0.05) is 30.3 Å². The van der Waals surface area contributed by atoms with Gasteiger partial charge in [0.05, 0.1) is 66.2 Å². The van der Waals surface area contributed by atoms with Gasteiger partial charge in [-0.3, -0.25) is 0 Å². The Morgan fingerprint density at radius 2 is 0.619 bits per heavy atom. The molecule has 0 aliphatic rings. The topological polar surface area (TPSA) is 312 Å². The molecular formula is C41H34N6O13S3. The molecule has 324 valence electrons. The van der Waals surface area contributed by atoms with E-state index in [1.807, 2.05) is 101 Å². The molecule has 0 amide bonds. The van der Waals surface area contributed by atoms with Crippen LogP contribution in [0.3, 0.4) is 0 Å². The Labute approximate surface area is 361 Å². The second-order valence-corrected chi connectivity index (χ2v) is 14.5. The molecule has 0 saturated heterocycles. The highest BCUT2D eigenvalue weighted by molar-refractivity contribution is 7.59. The minimum Gasteiger partial charge on any atom is -0.508 e. The Bertz CT molecular complexity index is 3320. The molecule has 3 aromatic heterocycles. The third-order valence-corrected chi connectivity index (χ3v) is 8.65. The van der Waals surface area contributed by atoms with Gasteiger partial charge in [-0.2, -0.15) is 0 Å². The van der Waals surface area contributed by atoms with Gasteiger partial charge in [-0.15, -0.1) is 37.9 Å². The summed E-state index contributed by atoms with van der Waals surface area (Å²) < 4.78 is 76.0. The van der Waals surface area contributed by atoms with Gasteiger partial charge in [0.15, 0.2) is 11.5 Å². The molecule has 6 aromatic carbocycles. The van der Waals surface area contributed by atoms with Crippen LogP contribution in [0.25, 0.3) is 66.2 Å². The zero-order valence-electron chi connectivity index (χ0n) is 33.5. The minimum atomic E-state index is -3.11. The van der Waals surface area contributed by atoms with Crippen LogP contribution in [0.5, 0.6) is 23.0 Å². The lowest BCUT2D eigenvalue weighted by molar-refractivity contribution is 0.404. The molecule has 9 rings (SSSR count). The smallest absolute Gasteiger partial charge is 0.425 e. The maximum Gasteiger partial charge on any atom is 0.425 e. The lowest BCUT2D eigenvalue weighted by atomic mass is 10.1. The van der Waals surface area contributed by atoms with E-state index in [1.54, 1.807) is 12.1 Å². The third kappa shape index (κ3) is 13.3. The van der Waals surface area contributed by atoms with Crippen molar-refractivity contribution in [1.82, 2.24) is 29.9 Å². The van der Waals surface area contributed by atoms with E-state index in [0.717, 1.165) is 83.0 Å². The van der Waals surface area contributed by atoms with Gasteiger partial charge in [0.25, 0.3) is 0 Å². The fourth-order valence-corrected chi connectivity index (χ4v) is 5.77. The van der Waals surface area contributed by atoms with Crippen molar-refractivity contribution in [2.45, 2.75) is 34.6 Å². The second-order valence-electron chi connectivity index (χ2n) is 13.2. The maximum absolute atomic E-state index is 9.69. The normalized spacial score (nSPS) is 10.2. The number of aromatic hydroxyl groups is 4. The molecule has 0 spiro atoms. The van der Waals surface area contributed by atoms with E-state index in [2.05, 4.69) is 29.9 Å². The van der Waals surface area contributed by atoms with Crippen LogP contribution in [0.1, 0.15) is 27.8 Å². The first-order valence-electron chi connectivity index (χ1n) is 17.8. The molecule has 0 bridgehead atoms. The summed E-state index contributed by atoms with van der Waals surface area (Å²) in [5.41, 5.74) is 14.3. The molecule has 0 aliphatic carbocycles. The Kier molecular flexibility index (Phi) is 16.0. The van der Waals surface area contributed by atoms with Crippen LogP contribution >= 0.6 is 0 Å². The predicted octanol–water partition coefficient (Wildman–Crippen LogP) is 5.70. The lowest BCUT2D eigenvalue weighted by Crippen LogP contribution is -1.90. The van der Waals surface area contributed by atoms with Crippen LogP contribution in [0, 0.1) is 34.6 Å². The van der Waals surface area contributed by atoms with Crippen molar-refractivity contribution in [1.29, 1.82) is 0 Å². The molecule has 4 N–H and O–H groups in total. The number of rotatable bonds is 0. The zero-order chi connectivity index (χ0) is 46.7. The van der Waals surface area contributed by atoms with Crippen LogP contribution in [-0.4, -0.2) is 88.2 Å². The van der Waals surface area contributed by atoms with Crippen molar-refractivity contribution in [3.05, 3.63) is 119 Å². The summed E-state index contributed by atoms with van der Waals surface area (Å²) in [4.78, 5) is 27.0. The van der Waals surface area contributed by atoms with E-state index in [-0.39, 0.29) is 23.0 Å². The number of hydrogen-bond donors (Lipinski definition) is 4. The van der Waals surface area contributed by atoms with Crippen LogP contribution in [0.4, 0.5) is 0 Å². The van der Waals surface area contributed by atoms with Crippen molar-refractivity contribution in [2.75, 3.05) is 0 Å². The Hall–Kier alpha value is -7.82. The molecule has 0 aliphatic heterocycles. The predicted molar refractivity (Wildman–Crippen MR) is 231 cm³/mol. The summed E-state index contributed by atoms with van der Waals surface area (Å²) in [6.45, 7) is 9.71. The monoisotopic (exact) mass is 914 g/mol. The number of aryl methyl sites for hydroxylation is 5. The van der Waals surface area contributed by atoms with Crippen LogP contribution < -0.4 is 0 Å². The number of fused-ring (bicyclic) bond motifs is 6. The number of nitrogens with zero attached hydrogens (tertiary/aromatic N) is 6. The molecule has 19 nitrogen and oxygen atoms in total. The average Bonchev–Trinajstić information content (AvgIpc) is 3.18. The fourth-order valence-electron chi connectivity index (χ4n) is 5.77. The standard InChI is InChI=1S/2C14H12N2O.C13H10N2O2.3O3S/c1-8-3-4-10-11(5-8)16-13-7-14(17)9(2)6-12(13)15-10;1-8-4-3-5-10-14(8)16-12-7-13(17)9(2)6-11(12)15-10;1-7-3-2-4-8-13(7)15-10-6-12(17)11(16)5-9(10)14-8;3*1-4(2)3/h2*3-7,17H,1-2H3;2-6,16-17H,1H3;;;. The highest BCUT2D eigenvalue weighted by atomic mass is 32.2. The molecule has 9 aromatic rings. The van der Waals surface area contributed by atoms with Crippen LogP contribution in [0.15, 0.2) is 91.0 Å². The van der Waals surface area contributed by atoms with E-state index in [0.29, 0.717) is 11.0 Å². The Morgan fingerprint density at radius 1 is 0.317 bits per heavy atom. The number of para-hydroxylation sites is 2. The minimum absolute atomic E-state index is 0.181. The van der Waals surface area contributed by atoms with Gasteiger partial charge in [0.1, 0.15) is 11.5 Å². The molecule has 0 saturated carbocycles. The quantitative estimate of drug-likeness (QED) is 0.105. The van der Waals surface area contributed by atoms with Crippen molar-refractivity contribution in [3.63, 3.8) is 0 Å². The van der Waals surface area contributed by atoms with Gasteiger partial charge < -0.3 is 20.4 Å². The van der Waals surface area contributed by atoms with E-state index >= 15 is 0 Å². The van der Waals surface area contributed by atoms with E-state index in [1.165, 1.54) is 12.1 Å². The summed E-state index contributed by atoms with van der Waals surface area (Å²) in [7, 11) is -9.33. The number of phenolic OH excluding ortho intramolecular Hbond substituents is 4. The van der Waals surface area contributed by atoms with E-state index < -0.39 is 31.8 Å². The molecule has 0 radical (unpaired) electrons. The third-order valence-electron chi connectivity index (χ3n) is 8.65. The lowest BCUT2D eigenvalue weighted by Gasteiger charge is -2.05. The van der Waals surface area contributed by atoms with Crippen molar-refractivity contribution >= 4 is 98.0 Å². The molecule has 0 fully saturated rings. The number of hydrogen-bond acceptors (Lipinski definition) is 19. The summed E-state index contributed by atoms with van der Waals surface area (Å²) in [6, 6.07) is 27.6. The zero-order valence-corrected chi connectivity index (χ0v) is 36.0. The first-order chi connectivity index (χ1) is 29.6. The second kappa shape index (κ2) is 21.1. The molecular weight excluding hydrogens is 881 g/mol. The summed E-state index contributed by atoms with van der Waals surface area (Å²) >= 11 is 0. The van der Waals surface area contributed by atoms with Gasteiger partial charge in [-0.05, 0) is 98.8 Å². The molecule has 0 unspecified atom stereocenters. The fraction of sp³-hybridized carbons (Fsp3) is 0.122.